The molecule has 1 N–H and O–H groups in total. The number of carbonyl (C=O) groups is 1. The number of anilines is 2. The van der Waals surface area contributed by atoms with E-state index in [9.17, 15) is 17.6 Å². The molecule has 0 aliphatic carbocycles. The first kappa shape index (κ1) is 21.8. The van der Waals surface area contributed by atoms with Gasteiger partial charge in [-0.05, 0) is 73.0 Å². The molecule has 0 atom stereocenters. The standard InChI is InChI=1S/C22H17BrClFN2O3S/c23-15-4-10-20(24)19(12-15)22(28)26-17-7-3-14-2-1-11-27(21(14)13-17)31(29,30)18-8-5-16(25)6-9-18/h3-10,12-13H,1-2,11H2,(H,26,28). The molecule has 3 aromatic rings. The normalized spacial score (nSPS) is 13.6. The Hall–Kier alpha value is -2.42. The van der Waals surface area contributed by atoms with Crippen LogP contribution in [0.2, 0.25) is 5.02 Å². The van der Waals surface area contributed by atoms with Gasteiger partial charge in [-0.1, -0.05) is 33.6 Å². The van der Waals surface area contributed by atoms with Crippen LogP contribution in [0.1, 0.15) is 22.3 Å². The number of hydrogen-bond donors (Lipinski definition) is 1. The molecule has 31 heavy (non-hydrogen) atoms. The fraction of sp³-hybridized carbons (Fsp3) is 0.136. The van der Waals surface area contributed by atoms with Crippen molar-refractivity contribution in [2.45, 2.75) is 17.7 Å². The van der Waals surface area contributed by atoms with E-state index in [1.54, 1.807) is 36.4 Å². The van der Waals surface area contributed by atoms with E-state index < -0.39 is 21.7 Å². The highest BCUT2D eigenvalue weighted by Crippen LogP contribution is 2.34. The second-order valence-corrected chi connectivity index (χ2v) is 10.2. The van der Waals surface area contributed by atoms with E-state index in [0.29, 0.717) is 39.4 Å². The summed E-state index contributed by atoms with van der Waals surface area (Å²) < 4.78 is 41.7. The van der Waals surface area contributed by atoms with Crippen molar-refractivity contribution in [2.75, 3.05) is 16.2 Å². The van der Waals surface area contributed by atoms with Gasteiger partial charge >= 0.3 is 0 Å². The lowest BCUT2D eigenvalue weighted by molar-refractivity contribution is 0.102. The molecule has 0 spiro atoms. The van der Waals surface area contributed by atoms with Crippen LogP contribution in [0.25, 0.3) is 0 Å². The summed E-state index contributed by atoms with van der Waals surface area (Å²) >= 11 is 9.46. The zero-order valence-corrected chi connectivity index (χ0v) is 19.3. The number of fused-ring (bicyclic) bond motifs is 1. The van der Waals surface area contributed by atoms with Crippen molar-refractivity contribution >= 4 is 54.8 Å². The third-order valence-electron chi connectivity index (χ3n) is 4.99. The maximum absolute atomic E-state index is 13.3. The first-order valence-corrected chi connectivity index (χ1v) is 12.0. The molecule has 0 unspecified atom stereocenters. The van der Waals surface area contributed by atoms with Crippen molar-refractivity contribution < 1.29 is 17.6 Å². The molecule has 0 aromatic heterocycles. The van der Waals surface area contributed by atoms with E-state index in [-0.39, 0.29) is 4.90 Å². The molecule has 160 valence electrons. The smallest absolute Gasteiger partial charge is 0.264 e. The number of nitrogens with one attached hydrogen (secondary N) is 1. The number of hydrogen-bond acceptors (Lipinski definition) is 3. The Morgan fingerprint density at radius 2 is 1.81 bits per heavy atom. The van der Waals surface area contributed by atoms with E-state index >= 15 is 0 Å². The Morgan fingerprint density at radius 1 is 1.06 bits per heavy atom. The predicted octanol–water partition coefficient (Wildman–Crippen LogP) is 5.64. The molecule has 1 heterocycles. The Kier molecular flexibility index (Phi) is 6.05. The molecule has 0 bridgehead atoms. The van der Waals surface area contributed by atoms with Crippen LogP contribution >= 0.6 is 27.5 Å². The lowest BCUT2D eigenvalue weighted by Gasteiger charge is -2.31. The number of halogens is 3. The second kappa shape index (κ2) is 8.61. The number of aryl methyl sites for hydroxylation is 1. The monoisotopic (exact) mass is 522 g/mol. The molecule has 1 aliphatic heterocycles. The van der Waals surface area contributed by atoms with Gasteiger partial charge in [-0.2, -0.15) is 0 Å². The van der Waals surface area contributed by atoms with Gasteiger partial charge < -0.3 is 5.32 Å². The van der Waals surface area contributed by atoms with Gasteiger partial charge in [-0.25, -0.2) is 12.8 Å². The van der Waals surface area contributed by atoms with Crippen LogP contribution in [0.5, 0.6) is 0 Å². The largest absolute Gasteiger partial charge is 0.322 e. The first-order valence-electron chi connectivity index (χ1n) is 9.43. The summed E-state index contributed by atoms with van der Waals surface area (Å²) in [7, 11) is -3.88. The van der Waals surface area contributed by atoms with Crippen LogP contribution in [0.15, 0.2) is 70.0 Å². The van der Waals surface area contributed by atoms with E-state index in [2.05, 4.69) is 21.2 Å². The molecule has 0 radical (unpaired) electrons. The van der Waals surface area contributed by atoms with Crippen molar-refractivity contribution in [3.8, 4) is 0 Å². The van der Waals surface area contributed by atoms with Crippen LogP contribution < -0.4 is 9.62 Å². The molecule has 9 heteroatoms. The maximum Gasteiger partial charge on any atom is 0.264 e. The summed E-state index contributed by atoms with van der Waals surface area (Å²) in [5.74, 6) is -0.913. The average molecular weight is 524 g/mol. The van der Waals surface area contributed by atoms with Crippen molar-refractivity contribution in [1.29, 1.82) is 0 Å². The minimum atomic E-state index is -3.88. The van der Waals surface area contributed by atoms with Gasteiger partial charge in [-0.3, -0.25) is 9.10 Å². The van der Waals surface area contributed by atoms with Gasteiger partial charge in [0.2, 0.25) is 0 Å². The van der Waals surface area contributed by atoms with E-state index in [1.807, 2.05) is 0 Å². The van der Waals surface area contributed by atoms with Gasteiger partial charge in [0.1, 0.15) is 5.82 Å². The molecular formula is C22H17BrClFN2O3S. The molecule has 1 amide bonds. The van der Waals surface area contributed by atoms with Gasteiger partial charge in [0, 0.05) is 16.7 Å². The van der Waals surface area contributed by atoms with Crippen LogP contribution in [-0.4, -0.2) is 20.9 Å². The van der Waals surface area contributed by atoms with Crippen molar-refractivity contribution in [1.82, 2.24) is 0 Å². The van der Waals surface area contributed by atoms with E-state index in [1.165, 1.54) is 16.4 Å². The molecule has 0 saturated heterocycles. The Bertz CT molecular complexity index is 1270. The zero-order chi connectivity index (χ0) is 22.2. The molecular weight excluding hydrogens is 507 g/mol. The molecule has 1 aliphatic rings. The summed E-state index contributed by atoms with van der Waals surface area (Å²) in [6, 6.07) is 14.9. The summed E-state index contributed by atoms with van der Waals surface area (Å²) in [5.41, 5.74) is 2.09. The molecule has 0 fully saturated rings. The fourth-order valence-corrected chi connectivity index (χ4v) is 5.57. The Balaban J connectivity index is 1.67. The third kappa shape index (κ3) is 4.46. The highest BCUT2D eigenvalue weighted by atomic mass is 79.9. The van der Waals surface area contributed by atoms with E-state index in [4.69, 9.17) is 11.6 Å². The molecule has 0 saturated carbocycles. The van der Waals surface area contributed by atoms with E-state index in [0.717, 1.165) is 24.1 Å². The summed E-state index contributed by atoms with van der Waals surface area (Å²) in [6.07, 6.45) is 1.38. The molecule has 5 nitrogen and oxygen atoms in total. The molecule has 3 aromatic carbocycles. The summed E-state index contributed by atoms with van der Waals surface area (Å²) in [4.78, 5) is 12.7. The quantitative estimate of drug-likeness (QED) is 0.482. The number of benzene rings is 3. The van der Waals surface area contributed by atoms with Gasteiger partial charge in [0.05, 0.1) is 21.2 Å². The highest BCUT2D eigenvalue weighted by molar-refractivity contribution is 9.10. The minimum Gasteiger partial charge on any atom is -0.322 e. The number of sulfonamides is 1. The number of amides is 1. The Labute approximate surface area is 193 Å². The fourth-order valence-electron chi connectivity index (χ4n) is 3.47. The topological polar surface area (TPSA) is 66.5 Å². The van der Waals surface area contributed by atoms with Crippen LogP contribution in [0, 0.1) is 5.82 Å². The zero-order valence-electron chi connectivity index (χ0n) is 16.1. The lowest BCUT2D eigenvalue weighted by atomic mass is 10.0. The number of carbonyl (C=O) groups excluding carboxylic acids is 1. The third-order valence-corrected chi connectivity index (χ3v) is 7.64. The molecule has 4 rings (SSSR count). The Morgan fingerprint density at radius 3 is 2.55 bits per heavy atom. The number of nitrogens with zero attached hydrogens (tertiary/aromatic N) is 1. The van der Waals surface area contributed by atoms with Crippen LogP contribution in [0.4, 0.5) is 15.8 Å². The highest BCUT2D eigenvalue weighted by Gasteiger charge is 2.29. The SMILES string of the molecule is O=C(Nc1ccc2c(c1)N(S(=O)(=O)c1ccc(F)cc1)CCC2)c1cc(Br)ccc1Cl. The average Bonchev–Trinajstić information content (AvgIpc) is 2.75. The van der Waals surface area contributed by atoms with Gasteiger partial charge in [-0.15, -0.1) is 0 Å². The summed E-state index contributed by atoms with van der Waals surface area (Å²) in [5, 5.41) is 3.09. The predicted molar refractivity (Wildman–Crippen MR) is 123 cm³/mol. The van der Waals surface area contributed by atoms with Gasteiger partial charge in [0.25, 0.3) is 15.9 Å². The van der Waals surface area contributed by atoms with Crippen molar-refractivity contribution in [3.05, 3.63) is 87.1 Å². The number of rotatable bonds is 4. The van der Waals surface area contributed by atoms with Crippen LogP contribution in [-0.2, 0) is 16.4 Å². The van der Waals surface area contributed by atoms with Gasteiger partial charge in [0.15, 0.2) is 0 Å². The van der Waals surface area contributed by atoms with Crippen molar-refractivity contribution in [3.63, 3.8) is 0 Å². The lowest BCUT2D eigenvalue weighted by Crippen LogP contribution is -2.35. The van der Waals surface area contributed by atoms with Crippen LogP contribution in [0.3, 0.4) is 0 Å². The maximum atomic E-state index is 13.3. The summed E-state index contributed by atoms with van der Waals surface area (Å²) in [6.45, 7) is 0.293. The van der Waals surface area contributed by atoms with Crippen molar-refractivity contribution in [2.24, 2.45) is 0 Å². The second-order valence-electron chi connectivity index (χ2n) is 7.06. The first-order chi connectivity index (χ1) is 14.8. The minimum absolute atomic E-state index is 0.0112.